The molecule has 0 aliphatic carbocycles. The van der Waals surface area contributed by atoms with Crippen LogP contribution in [0.4, 0.5) is 0 Å². The van der Waals surface area contributed by atoms with Gasteiger partial charge in [0.1, 0.15) is 17.4 Å². The van der Waals surface area contributed by atoms with Gasteiger partial charge in [-0.25, -0.2) is 4.79 Å². The Kier molecular flexibility index (Phi) is 3.88. The van der Waals surface area contributed by atoms with Crippen LogP contribution in [0.3, 0.4) is 0 Å². The maximum Gasteiger partial charge on any atom is 0.326 e. The molecule has 1 aromatic heterocycles. The molecule has 1 heterocycles. The molecule has 0 saturated carbocycles. The molecule has 0 radical (unpaired) electrons. The molecule has 17 heavy (non-hydrogen) atoms. The number of likely N-dealkylation sites (N-methyl/N-ethyl adjacent to an activating group) is 1. The number of carbonyl (C=O) groups excluding carboxylic acids is 1. The van der Waals surface area contributed by atoms with E-state index in [4.69, 9.17) is 9.63 Å². The lowest BCUT2D eigenvalue weighted by molar-refractivity contribution is -0.143. The quantitative estimate of drug-likeness (QED) is 0.853. The fourth-order valence-corrected chi connectivity index (χ4v) is 1.72. The van der Waals surface area contributed by atoms with Gasteiger partial charge >= 0.3 is 5.97 Å². The van der Waals surface area contributed by atoms with Gasteiger partial charge in [-0.15, -0.1) is 0 Å². The van der Waals surface area contributed by atoms with Gasteiger partial charge in [-0.3, -0.25) is 4.79 Å². The fourth-order valence-electron chi connectivity index (χ4n) is 1.72. The topological polar surface area (TPSA) is 83.6 Å². The highest BCUT2D eigenvalue weighted by Crippen LogP contribution is 2.15. The van der Waals surface area contributed by atoms with Crippen molar-refractivity contribution < 1.29 is 19.2 Å². The number of carbonyl (C=O) groups is 2. The summed E-state index contributed by atoms with van der Waals surface area (Å²) in [6.45, 7) is 5.12. The van der Waals surface area contributed by atoms with Crippen molar-refractivity contribution in [1.82, 2.24) is 10.1 Å². The van der Waals surface area contributed by atoms with Crippen LogP contribution in [0.25, 0.3) is 0 Å². The number of aromatic nitrogens is 1. The molecule has 0 aromatic carbocycles. The van der Waals surface area contributed by atoms with Gasteiger partial charge in [0.05, 0.1) is 6.20 Å². The molecule has 0 saturated heterocycles. The van der Waals surface area contributed by atoms with E-state index in [1.54, 1.807) is 20.8 Å². The summed E-state index contributed by atoms with van der Waals surface area (Å²) in [5, 5.41) is 12.6. The maximum atomic E-state index is 12.0. The highest BCUT2D eigenvalue weighted by Gasteiger charge is 2.31. The van der Waals surface area contributed by atoms with E-state index in [9.17, 15) is 9.59 Å². The van der Waals surface area contributed by atoms with Crippen molar-refractivity contribution in [1.29, 1.82) is 0 Å². The van der Waals surface area contributed by atoms with Crippen LogP contribution in [0.2, 0.25) is 0 Å². The van der Waals surface area contributed by atoms with Gasteiger partial charge in [-0.1, -0.05) is 19.0 Å². The lowest BCUT2D eigenvalue weighted by atomic mass is 10.0. The van der Waals surface area contributed by atoms with E-state index < -0.39 is 17.9 Å². The largest absolute Gasteiger partial charge is 0.480 e. The first-order valence-corrected chi connectivity index (χ1v) is 5.27. The Bertz CT molecular complexity index is 425. The summed E-state index contributed by atoms with van der Waals surface area (Å²) in [4.78, 5) is 24.3. The molecule has 0 aliphatic rings. The van der Waals surface area contributed by atoms with Crippen molar-refractivity contribution in [3.63, 3.8) is 0 Å². The molecule has 6 nitrogen and oxygen atoms in total. The van der Waals surface area contributed by atoms with Gasteiger partial charge in [0.2, 0.25) is 0 Å². The molecule has 1 atom stereocenters. The number of hydrogen-bond acceptors (Lipinski definition) is 4. The SMILES string of the molecule is Cc1oncc1C(=O)N(C)C(C(=O)O)C(C)C. The van der Waals surface area contributed by atoms with Gasteiger partial charge in [-0.05, 0) is 12.8 Å². The summed E-state index contributed by atoms with van der Waals surface area (Å²) in [6.07, 6.45) is 1.30. The van der Waals surface area contributed by atoms with Crippen LogP contribution in [0, 0.1) is 12.8 Å². The summed E-state index contributed by atoms with van der Waals surface area (Å²) in [5.41, 5.74) is 0.291. The van der Waals surface area contributed by atoms with Crippen molar-refractivity contribution in [3.8, 4) is 0 Å². The van der Waals surface area contributed by atoms with E-state index in [1.165, 1.54) is 18.1 Å². The Balaban J connectivity index is 2.96. The molecule has 6 heteroatoms. The second-order valence-electron chi connectivity index (χ2n) is 4.24. The third-order valence-electron chi connectivity index (χ3n) is 2.60. The molecule has 0 bridgehead atoms. The van der Waals surface area contributed by atoms with E-state index in [0.29, 0.717) is 11.3 Å². The van der Waals surface area contributed by atoms with Crippen LogP contribution in [0.1, 0.15) is 30.0 Å². The monoisotopic (exact) mass is 240 g/mol. The van der Waals surface area contributed by atoms with Gasteiger partial charge in [0, 0.05) is 7.05 Å². The minimum absolute atomic E-state index is 0.179. The Morgan fingerprint density at radius 3 is 2.41 bits per heavy atom. The first kappa shape index (κ1) is 13.2. The summed E-state index contributed by atoms with van der Waals surface area (Å²) in [6, 6.07) is -0.864. The molecule has 1 rings (SSSR count). The van der Waals surface area contributed by atoms with Crippen molar-refractivity contribution in [2.75, 3.05) is 7.05 Å². The first-order valence-electron chi connectivity index (χ1n) is 5.27. The van der Waals surface area contributed by atoms with Crippen LogP contribution in [0.15, 0.2) is 10.7 Å². The molecule has 1 N–H and O–H groups in total. The van der Waals surface area contributed by atoms with Crippen molar-refractivity contribution >= 4 is 11.9 Å². The Labute approximate surface area is 99.2 Å². The molecule has 1 amide bonds. The minimum atomic E-state index is -1.02. The summed E-state index contributed by atoms with van der Waals surface area (Å²) >= 11 is 0. The molecule has 0 aliphatic heterocycles. The number of amides is 1. The third-order valence-corrected chi connectivity index (χ3v) is 2.60. The molecule has 0 fully saturated rings. The molecule has 1 aromatic rings. The predicted molar refractivity (Wildman–Crippen MR) is 59.6 cm³/mol. The smallest absolute Gasteiger partial charge is 0.326 e. The summed E-state index contributed by atoms with van der Waals surface area (Å²) in [7, 11) is 1.47. The zero-order valence-corrected chi connectivity index (χ0v) is 10.3. The van der Waals surface area contributed by atoms with E-state index in [0.717, 1.165) is 0 Å². The van der Waals surface area contributed by atoms with Crippen LogP contribution in [0.5, 0.6) is 0 Å². The van der Waals surface area contributed by atoms with Crippen molar-refractivity contribution in [2.45, 2.75) is 26.8 Å². The maximum absolute atomic E-state index is 12.0. The number of rotatable bonds is 4. The van der Waals surface area contributed by atoms with E-state index in [1.807, 2.05) is 0 Å². The van der Waals surface area contributed by atoms with Gasteiger partial charge in [0.25, 0.3) is 5.91 Å². The van der Waals surface area contributed by atoms with Crippen LogP contribution in [-0.2, 0) is 4.79 Å². The van der Waals surface area contributed by atoms with Crippen molar-refractivity contribution in [3.05, 3.63) is 17.5 Å². The second-order valence-corrected chi connectivity index (χ2v) is 4.24. The van der Waals surface area contributed by atoms with Crippen LogP contribution < -0.4 is 0 Å². The normalized spacial score (nSPS) is 12.5. The molecular weight excluding hydrogens is 224 g/mol. The Hall–Kier alpha value is -1.85. The summed E-state index contributed by atoms with van der Waals surface area (Å²) in [5.74, 6) is -1.22. The number of carboxylic acid groups (broad SMARTS) is 1. The molecular formula is C11H16N2O4. The molecule has 94 valence electrons. The van der Waals surface area contributed by atoms with Gasteiger partial charge in [0.15, 0.2) is 0 Å². The highest BCUT2D eigenvalue weighted by atomic mass is 16.5. The molecule has 0 spiro atoms. The lowest BCUT2D eigenvalue weighted by Crippen LogP contribution is -2.45. The number of aryl methyl sites for hydroxylation is 1. The molecule has 1 unspecified atom stereocenters. The average Bonchev–Trinajstić information content (AvgIpc) is 2.62. The Morgan fingerprint density at radius 2 is 2.06 bits per heavy atom. The zero-order valence-electron chi connectivity index (χ0n) is 10.3. The number of nitrogens with zero attached hydrogens (tertiary/aromatic N) is 2. The standard InChI is InChI=1S/C11H16N2O4/c1-6(2)9(11(15)16)13(4)10(14)8-5-12-17-7(8)3/h5-6,9H,1-4H3,(H,15,16). The summed E-state index contributed by atoms with van der Waals surface area (Å²) < 4.78 is 4.79. The predicted octanol–water partition coefficient (Wildman–Crippen LogP) is 1.16. The van der Waals surface area contributed by atoms with Gasteiger partial charge in [-0.2, -0.15) is 0 Å². The third kappa shape index (κ3) is 2.64. The van der Waals surface area contributed by atoms with Crippen molar-refractivity contribution in [2.24, 2.45) is 5.92 Å². The minimum Gasteiger partial charge on any atom is -0.480 e. The highest BCUT2D eigenvalue weighted by molar-refractivity contribution is 5.96. The van der Waals surface area contributed by atoms with E-state index in [2.05, 4.69) is 5.16 Å². The van der Waals surface area contributed by atoms with Gasteiger partial charge < -0.3 is 14.5 Å². The van der Waals surface area contributed by atoms with E-state index in [-0.39, 0.29) is 5.92 Å². The fraction of sp³-hybridized carbons (Fsp3) is 0.545. The second kappa shape index (κ2) is 4.99. The zero-order chi connectivity index (χ0) is 13.2. The lowest BCUT2D eigenvalue weighted by Gasteiger charge is -2.27. The Morgan fingerprint density at radius 1 is 1.47 bits per heavy atom. The van der Waals surface area contributed by atoms with Crippen LogP contribution >= 0.6 is 0 Å². The van der Waals surface area contributed by atoms with E-state index >= 15 is 0 Å². The number of carboxylic acids is 1. The number of aliphatic carboxylic acids is 1. The van der Waals surface area contributed by atoms with Crippen LogP contribution in [-0.4, -0.2) is 40.1 Å². The number of hydrogen-bond donors (Lipinski definition) is 1. The average molecular weight is 240 g/mol. The first-order chi connectivity index (χ1) is 7.86.